The van der Waals surface area contributed by atoms with E-state index in [9.17, 15) is 19.8 Å². The van der Waals surface area contributed by atoms with Crippen LogP contribution in [0.2, 0.25) is 0 Å². The normalized spacial score (nSPS) is 38.8. The van der Waals surface area contributed by atoms with Gasteiger partial charge in [0.05, 0.1) is 5.60 Å². The SMILES string of the molecule is CC(C)(C)c1ccc(C2CC3=CC(=O)CC[C@]3(C)C3=CC[C@@]4(C)[C@@H](CC[C@]4(O)CCC(=O)O)[C@@H]32)o1. The smallest absolute Gasteiger partial charge is 0.303 e. The van der Waals surface area contributed by atoms with Gasteiger partial charge in [-0.15, -0.1) is 0 Å². The third kappa shape index (κ3) is 3.68. The van der Waals surface area contributed by atoms with Crippen LogP contribution >= 0.6 is 0 Å². The summed E-state index contributed by atoms with van der Waals surface area (Å²) in [7, 11) is 0. The molecule has 4 aliphatic rings. The second kappa shape index (κ2) is 7.93. The first-order valence-corrected chi connectivity index (χ1v) is 13.3. The Morgan fingerprint density at radius 1 is 1.20 bits per heavy atom. The number of carbonyl (C=O) groups is 2. The molecule has 1 heterocycles. The molecule has 5 nitrogen and oxygen atoms in total. The van der Waals surface area contributed by atoms with Crippen molar-refractivity contribution in [3.8, 4) is 0 Å². The number of fused-ring (bicyclic) bond motifs is 5. The van der Waals surface area contributed by atoms with E-state index in [0.717, 1.165) is 37.2 Å². The van der Waals surface area contributed by atoms with Gasteiger partial charge in [-0.1, -0.05) is 51.8 Å². The lowest BCUT2D eigenvalue weighted by molar-refractivity contribution is -0.141. The number of allylic oxidation sites excluding steroid dienone is 4. The van der Waals surface area contributed by atoms with E-state index in [-0.39, 0.29) is 46.2 Å². The van der Waals surface area contributed by atoms with Gasteiger partial charge in [-0.25, -0.2) is 0 Å². The molecular weight excluding hydrogens is 440 g/mol. The average molecular weight is 481 g/mol. The van der Waals surface area contributed by atoms with Crippen molar-refractivity contribution >= 4 is 11.8 Å². The summed E-state index contributed by atoms with van der Waals surface area (Å²) in [6.45, 7) is 10.9. The average Bonchev–Trinajstić information content (AvgIpc) is 3.37. The maximum absolute atomic E-state index is 12.4. The maximum Gasteiger partial charge on any atom is 0.303 e. The van der Waals surface area contributed by atoms with Crippen LogP contribution in [-0.4, -0.2) is 27.6 Å². The van der Waals surface area contributed by atoms with Gasteiger partial charge in [0.1, 0.15) is 11.5 Å². The van der Waals surface area contributed by atoms with Crippen LogP contribution in [0, 0.1) is 22.7 Å². The first-order chi connectivity index (χ1) is 16.3. The van der Waals surface area contributed by atoms with Gasteiger partial charge in [-0.3, -0.25) is 9.59 Å². The Kier molecular flexibility index (Phi) is 5.56. The van der Waals surface area contributed by atoms with Gasteiger partial charge in [-0.2, -0.15) is 0 Å². The lowest BCUT2D eigenvalue weighted by Gasteiger charge is -2.57. The number of ketones is 1. The molecule has 0 bridgehead atoms. The topological polar surface area (TPSA) is 87.7 Å². The quantitative estimate of drug-likeness (QED) is 0.493. The fraction of sp³-hybridized carbons (Fsp3) is 0.667. The van der Waals surface area contributed by atoms with Crippen LogP contribution in [0.4, 0.5) is 0 Å². The third-order valence-corrected chi connectivity index (χ3v) is 10.2. The molecule has 1 unspecified atom stereocenters. The molecule has 2 fully saturated rings. The molecule has 2 saturated carbocycles. The number of hydrogen-bond donors (Lipinski definition) is 2. The van der Waals surface area contributed by atoms with Gasteiger partial charge in [0, 0.05) is 35.0 Å². The highest BCUT2D eigenvalue weighted by molar-refractivity contribution is 5.92. The van der Waals surface area contributed by atoms with Crippen LogP contribution in [0.1, 0.15) is 103 Å². The molecule has 4 aliphatic carbocycles. The molecule has 5 rings (SSSR count). The molecule has 0 spiro atoms. The van der Waals surface area contributed by atoms with Crippen molar-refractivity contribution in [2.24, 2.45) is 22.7 Å². The lowest BCUT2D eigenvalue weighted by Crippen LogP contribution is -2.52. The second-order valence-corrected chi connectivity index (χ2v) is 13.1. The highest BCUT2D eigenvalue weighted by atomic mass is 16.4. The summed E-state index contributed by atoms with van der Waals surface area (Å²) >= 11 is 0. The Morgan fingerprint density at radius 3 is 2.60 bits per heavy atom. The van der Waals surface area contributed by atoms with E-state index < -0.39 is 11.6 Å². The van der Waals surface area contributed by atoms with Gasteiger partial charge in [0.15, 0.2) is 5.78 Å². The van der Waals surface area contributed by atoms with Crippen molar-refractivity contribution in [1.29, 1.82) is 0 Å². The van der Waals surface area contributed by atoms with Crippen LogP contribution in [0.5, 0.6) is 0 Å². The fourth-order valence-electron chi connectivity index (χ4n) is 7.92. The van der Waals surface area contributed by atoms with Crippen molar-refractivity contribution in [3.63, 3.8) is 0 Å². The van der Waals surface area contributed by atoms with Crippen molar-refractivity contribution < 1.29 is 24.2 Å². The van der Waals surface area contributed by atoms with Crippen LogP contribution < -0.4 is 0 Å². The standard InChI is InChI=1S/C30H40O5/c1-27(2,3)24-7-6-23(35-24)20-17-18-16-19(31)8-12-28(18,4)21-9-13-29(5)22(26(20)21)10-14-30(29,34)15-11-25(32)33/h6-7,9,16,20,22,26,34H,8,10-15,17H2,1-5H3,(H,32,33)/t20?,22-,26+,28-,29-,30-/m0/s1. The van der Waals surface area contributed by atoms with Crippen LogP contribution in [0.15, 0.2) is 39.8 Å². The summed E-state index contributed by atoms with van der Waals surface area (Å²) < 4.78 is 6.51. The minimum Gasteiger partial charge on any atom is -0.481 e. The Labute approximate surface area is 208 Å². The van der Waals surface area contributed by atoms with Crippen LogP contribution in [0.3, 0.4) is 0 Å². The van der Waals surface area contributed by atoms with Crippen LogP contribution in [0.25, 0.3) is 0 Å². The zero-order chi connectivity index (χ0) is 25.4. The van der Waals surface area contributed by atoms with E-state index in [1.54, 1.807) is 0 Å². The van der Waals surface area contributed by atoms with E-state index in [4.69, 9.17) is 4.42 Å². The summed E-state index contributed by atoms with van der Waals surface area (Å²) in [6, 6.07) is 4.21. The number of furan rings is 1. The minimum absolute atomic E-state index is 0.0106. The Morgan fingerprint density at radius 2 is 1.94 bits per heavy atom. The summed E-state index contributed by atoms with van der Waals surface area (Å²) in [5, 5.41) is 21.1. The molecule has 0 aromatic carbocycles. The number of aliphatic hydroxyl groups is 1. The molecule has 0 saturated heterocycles. The molecule has 6 atom stereocenters. The van der Waals surface area contributed by atoms with E-state index in [0.29, 0.717) is 19.3 Å². The monoisotopic (exact) mass is 480 g/mol. The Balaban J connectivity index is 1.61. The van der Waals surface area contributed by atoms with Crippen molar-refractivity contribution in [1.82, 2.24) is 0 Å². The van der Waals surface area contributed by atoms with Gasteiger partial charge < -0.3 is 14.6 Å². The second-order valence-electron chi connectivity index (χ2n) is 13.1. The maximum atomic E-state index is 12.4. The molecule has 35 heavy (non-hydrogen) atoms. The summed E-state index contributed by atoms with van der Waals surface area (Å²) in [6.07, 6.45) is 9.00. The predicted octanol–water partition coefficient (Wildman–Crippen LogP) is 6.32. The number of hydrogen-bond acceptors (Lipinski definition) is 4. The lowest BCUT2D eigenvalue weighted by atomic mass is 9.48. The molecular formula is C30H40O5. The molecule has 0 radical (unpaired) electrons. The molecule has 5 heteroatoms. The van der Waals surface area contributed by atoms with Crippen molar-refractivity contribution in [3.05, 3.63) is 47.0 Å². The predicted molar refractivity (Wildman–Crippen MR) is 134 cm³/mol. The highest BCUT2D eigenvalue weighted by Gasteiger charge is 2.63. The molecule has 0 amide bonds. The summed E-state index contributed by atoms with van der Waals surface area (Å²) in [4.78, 5) is 23.8. The highest BCUT2D eigenvalue weighted by Crippen LogP contribution is 2.68. The number of carboxylic acid groups (broad SMARTS) is 1. The first kappa shape index (κ1) is 24.5. The zero-order valence-electron chi connectivity index (χ0n) is 21.8. The Bertz CT molecular complexity index is 1120. The zero-order valence-corrected chi connectivity index (χ0v) is 21.8. The summed E-state index contributed by atoms with van der Waals surface area (Å²) in [5.74, 6) is 1.85. The molecule has 190 valence electrons. The van der Waals surface area contributed by atoms with Crippen molar-refractivity contribution in [2.45, 2.75) is 103 Å². The van der Waals surface area contributed by atoms with Gasteiger partial charge in [-0.05, 0) is 68.6 Å². The minimum atomic E-state index is -0.984. The number of carbonyl (C=O) groups excluding carboxylic acids is 1. The van der Waals surface area contributed by atoms with E-state index in [2.05, 4.69) is 52.8 Å². The summed E-state index contributed by atoms with van der Waals surface area (Å²) in [5.41, 5.74) is 1.05. The number of aliphatic carboxylic acids is 1. The molecule has 0 aliphatic heterocycles. The van der Waals surface area contributed by atoms with E-state index in [1.165, 1.54) is 11.1 Å². The van der Waals surface area contributed by atoms with Crippen molar-refractivity contribution in [2.75, 3.05) is 0 Å². The first-order valence-electron chi connectivity index (χ1n) is 13.3. The van der Waals surface area contributed by atoms with E-state index >= 15 is 0 Å². The van der Waals surface area contributed by atoms with Gasteiger partial charge >= 0.3 is 5.97 Å². The van der Waals surface area contributed by atoms with Gasteiger partial charge in [0.2, 0.25) is 0 Å². The third-order valence-electron chi connectivity index (χ3n) is 10.2. The fourth-order valence-corrected chi connectivity index (χ4v) is 7.92. The Hall–Kier alpha value is -2.14. The molecule has 1 aromatic heterocycles. The number of carboxylic acids is 1. The van der Waals surface area contributed by atoms with Gasteiger partial charge in [0.25, 0.3) is 0 Å². The number of rotatable bonds is 4. The largest absolute Gasteiger partial charge is 0.481 e. The van der Waals surface area contributed by atoms with E-state index in [1.807, 2.05) is 6.08 Å². The molecule has 2 N–H and O–H groups in total. The molecule has 1 aromatic rings. The van der Waals surface area contributed by atoms with Crippen LogP contribution in [-0.2, 0) is 15.0 Å².